The Labute approximate surface area is 93.0 Å². The van der Waals surface area contributed by atoms with Gasteiger partial charge in [-0.1, -0.05) is 12.1 Å². The Bertz CT molecular complexity index is 493. The molecule has 5 heteroatoms. The van der Waals surface area contributed by atoms with E-state index >= 15 is 0 Å². The van der Waals surface area contributed by atoms with Crippen LogP contribution in [0.25, 0.3) is 11.0 Å². The number of hydrogen-bond acceptors (Lipinski definition) is 3. The number of imidazole rings is 1. The maximum Gasteiger partial charge on any atom is 0.406 e. The lowest BCUT2D eigenvalue weighted by Gasteiger charge is -2.05. The van der Waals surface area contributed by atoms with Crippen molar-refractivity contribution in [1.82, 2.24) is 14.9 Å². The molecule has 0 aliphatic rings. The van der Waals surface area contributed by atoms with Crippen LogP contribution in [0.2, 0.25) is 0 Å². The quantitative estimate of drug-likeness (QED) is 0.848. The molecular weight excluding hydrogens is 206 g/mol. The fourth-order valence-electron chi connectivity index (χ4n) is 1.54. The zero-order chi connectivity index (χ0) is 11.4. The molecule has 0 aliphatic carbocycles. The molecule has 1 amide bonds. The van der Waals surface area contributed by atoms with Gasteiger partial charge in [-0.15, -0.1) is 0 Å². The molecule has 0 unspecified atom stereocenters. The lowest BCUT2D eigenvalue weighted by molar-refractivity contribution is 0.170. The summed E-state index contributed by atoms with van der Waals surface area (Å²) in [5, 5.41) is 2.63. The van der Waals surface area contributed by atoms with Gasteiger partial charge in [-0.2, -0.15) is 0 Å². The molecule has 1 aromatic carbocycles. The van der Waals surface area contributed by atoms with Gasteiger partial charge in [0.1, 0.15) is 0 Å². The monoisotopic (exact) mass is 219 g/mol. The summed E-state index contributed by atoms with van der Waals surface area (Å²) < 4.78 is 6.47. The Morgan fingerprint density at radius 1 is 1.50 bits per heavy atom. The second-order valence-electron chi connectivity index (χ2n) is 3.35. The largest absolute Gasteiger partial charge is 0.453 e. The number of amides is 1. The van der Waals surface area contributed by atoms with Gasteiger partial charge in [0.25, 0.3) is 0 Å². The molecule has 0 radical (unpaired) electrons. The standard InChI is InChI=1S/C11H13N3O2/c1-16-11(15)12-6-7-14-8-13-9-4-2-3-5-10(9)14/h2-5,8H,6-7H2,1H3,(H,12,15). The SMILES string of the molecule is COC(=O)NCCn1cnc2ccccc21. The van der Waals surface area contributed by atoms with Crippen molar-refractivity contribution in [3.8, 4) is 0 Å². The molecule has 2 aromatic rings. The van der Waals surface area contributed by atoms with E-state index in [0.29, 0.717) is 13.1 Å². The van der Waals surface area contributed by atoms with Gasteiger partial charge in [0.2, 0.25) is 0 Å². The van der Waals surface area contributed by atoms with Crippen LogP contribution in [0, 0.1) is 0 Å². The number of aromatic nitrogens is 2. The number of ether oxygens (including phenoxy) is 1. The first-order valence-corrected chi connectivity index (χ1v) is 5.03. The van der Waals surface area contributed by atoms with Crippen LogP contribution in [0.15, 0.2) is 30.6 Å². The average Bonchev–Trinajstić information content (AvgIpc) is 2.73. The summed E-state index contributed by atoms with van der Waals surface area (Å²) in [5.41, 5.74) is 2.02. The van der Waals surface area contributed by atoms with Gasteiger partial charge >= 0.3 is 6.09 Å². The highest BCUT2D eigenvalue weighted by atomic mass is 16.5. The molecule has 0 aliphatic heterocycles. The third kappa shape index (κ3) is 2.13. The van der Waals surface area contributed by atoms with Crippen LogP contribution in [-0.2, 0) is 11.3 Å². The van der Waals surface area contributed by atoms with Gasteiger partial charge < -0.3 is 14.6 Å². The van der Waals surface area contributed by atoms with Crippen molar-refractivity contribution in [1.29, 1.82) is 0 Å². The van der Waals surface area contributed by atoms with Crippen LogP contribution in [0.3, 0.4) is 0 Å². The van der Waals surface area contributed by atoms with Crippen LogP contribution in [0.5, 0.6) is 0 Å². The van der Waals surface area contributed by atoms with Crippen LogP contribution < -0.4 is 5.32 Å². The maximum atomic E-state index is 10.8. The first kappa shape index (κ1) is 10.5. The zero-order valence-corrected chi connectivity index (χ0v) is 9.01. The van der Waals surface area contributed by atoms with Crippen molar-refractivity contribution in [3.63, 3.8) is 0 Å². The summed E-state index contributed by atoms with van der Waals surface area (Å²) >= 11 is 0. The van der Waals surface area contributed by atoms with E-state index in [4.69, 9.17) is 0 Å². The van der Waals surface area contributed by atoms with E-state index in [9.17, 15) is 4.79 Å². The van der Waals surface area contributed by atoms with E-state index in [1.807, 2.05) is 28.8 Å². The summed E-state index contributed by atoms with van der Waals surface area (Å²) in [6.45, 7) is 1.20. The van der Waals surface area contributed by atoms with E-state index in [1.54, 1.807) is 6.33 Å². The molecule has 1 heterocycles. The number of nitrogens with zero attached hydrogens (tertiary/aromatic N) is 2. The second-order valence-corrected chi connectivity index (χ2v) is 3.35. The number of rotatable bonds is 3. The Kier molecular flexibility index (Phi) is 3.05. The minimum atomic E-state index is -0.413. The summed E-state index contributed by atoms with van der Waals surface area (Å²) in [6.07, 6.45) is 1.35. The topological polar surface area (TPSA) is 56.1 Å². The first-order chi connectivity index (χ1) is 7.81. The van der Waals surface area contributed by atoms with E-state index in [0.717, 1.165) is 11.0 Å². The summed E-state index contributed by atoms with van der Waals surface area (Å²) in [5.74, 6) is 0. The lowest BCUT2D eigenvalue weighted by atomic mass is 10.3. The van der Waals surface area contributed by atoms with Gasteiger partial charge in [-0.25, -0.2) is 9.78 Å². The second kappa shape index (κ2) is 4.65. The van der Waals surface area contributed by atoms with Crippen molar-refractivity contribution >= 4 is 17.1 Å². The number of para-hydroxylation sites is 2. The number of benzene rings is 1. The smallest absolute Gasteiger partial charge is 0.406 e. The molecular formula is C11H13N3O2. The van der Waals surface area contributed by atoms with Gasteiger partial charge in [0, 0.05) is 13.1 Å². The molecule has 0 fully saturated rings. The Balaban J connectivity index is 2.02. The van der Waals surface area contributed by atoms with Crippen LogP contribution >= 0.6 is 0 Å². The van der Waals surface area contributed by atoms with Crippen molar-refractivity contribution in [2.24, 2.45) is 0 Å². The first-order valence-electron chi connectivity index (χ1n) is 5.03. The number of hydrogen-bond donors (Lipinski definition) is 1. The molecule has 1 aromatic heterocycles. The summed E-state index contributed by atoms with van der Waals surface area (Å²) in [6, 6.07) is 7.88. The maximum absolute atomic E-state index is 10.8. The average molecular weight is 219 g/mol. The van der Waals surface area contributed by atoms with Gasteiger partial charge in [0.15, 0.2) is 0 Å². The number of nitrogens with one attached hydrogen (secondary N) is 1. The normalized spacial score (nSPS) is 10.3. The van der Waals surface area contributed by atoms with Crippen molar-refractivity contribution in [2.75, 3.05) is 13.7 Å². The molecule has 5 nitrogen and oxygen atoms in total. The minimum absolute atomic E-state index is 0.413. The number of carbonyl (C=O) groups excluding carboxylic acids is 1. The van der Waals surface area contributed by atoms with Crippen molar-refractivity contribution in [3.05, 3.63) is 30.6 Å². The highest BCUT2D eigenvalue weighted by molar-refractivity contribution is 5.74. The van der Waals surface area contributed by atoms with E-state index in [1.165, 1.54) is 7.11 Å². The van der Waals surface area contributed by atoms with Crippen molar-refractivity contribution < 1.29 is 9.53 Å². The van der Waals surface area contributed by atoms with Gasteiger partial charge in [-0.05, 0) is 12.1 Å². The lowest BCUT2D eigenvalue weighted by Crippen LogP contribution is -2.26. The Morgan fingerprint density at radius 3 is 3.12 bits per heavy atom. The zero-order valence-electron chi connectivity index (χ0n) is 9.01. The molecule has 84 valence electrons. The molecule has 0 saturated heterocycles. The third-order valence-electron chi connectivity index (χ3n) is 2.33. The van der Waals surface area contributed by atoms with Crippen LogP contribution in [0.4, 0.5) is 4.79 Å². The van der Waals surface area contributed by atoms with Gasteiger partial charge in [-0.3, -0.25) is 0 Å². The Hall–Kier alpha value is -2.04. The molecule has 0 spiro atoms. The minimum Gasteiger partial charge on any atom is -0.453 e. The van der Waals surface area contributed by atoms with Crippen molar-refractivity contribution in [2.45, 2.75) is 6.54 Å². The van der Waals surface area contributed by atoms with Gasteiger partial charge in [0.05, 0.1) is 24.5 Å². The fourth-order valence-corrected chi connectivity index (χ4v) is 1.54. The molecule has 0 bridgehead atoms. The molecule has 0 atom stereocenters. The predicted octanol–water partition coefficient (Wildman–Crippen LogP) is 1.39. The predicted molar refractivity (Wildman–Crippen MR) is 60.1 cm³/mol. The number of carbonyl (C=O) groups is 1. The summed E-state index contributed by atoms with van der Waals surface area (Å²) in [4.78, 5) is 15.1. The number of fused-ring (bicyclic) bond motifs is 1. The number of methoxy groups -OCH3 is 1. The Morgan fingerprint density at radius 2 is 2.31 bits per heavy atom. The van der Waals surface area contributed by atoms with E-state index in [-0.39, 0.29) is 0 Å². The fraction of sp³-hybridized carbons (Fsp3) is 0.273. The van der Waals surface area contributed by atoms with E-state index in [2.05, 4.69) is 15.0 Å². The molecule has 2 rings (SSSR count). The molecule has 0 saturated carbocycles. The molecule has 1 N–H and O–H groups in total. The van der Waals surface area contributed by atoms with Crippen LogP contribution in [-0.4, -0.2) is 29.3 Å². The highest BCUT2D eigenvalue weighted by Crippen LogP contribution is 2.10. The van der Waals surface area contributed by atoms with E-state index < -0.39 is 6.09 Å². The number of alkyl carbamates (subject to hydrolysis) is 1. The molecule has 16 heavy (non-hydrogen) atoms. The summed E-state index contributed by atoms with van der Waals surface area (Å²) in [7, 11) is 1.35. The highest BCUT2D eigenvalue weighted by Gasteiger charge is 2.02. The third-order valence-corrected chi connectivity index (χ3v) is 2.33. The van der Waals surface area contributed by atoms with Crippen LogP contribution in [0.1, 0.15) is 0 Å².